The van der Waals surface area contributed by atoms with Gasteiger partial charge in [-0.1, -0.05) is 18.6 Å². The van der Waals surface area contributed by atoms with Gasteiger partial charge in [0, 0.05) is 25.2 Å². The van der Waals surface area contributed by atoms with E-state index in [4.69, 9.17) is 4.74 Å². The van der Waals surface area contributed by atoms with Crippen LogP contribution in [-0.4, -0.2) is 42.8 Å². The summed E-state index contributed by atoms with van der Waals surface area (Å²) in [4.78, 5) is 13.8. The second-order valence-corrected chi connectivity index (χ2v) is 6.55. The SMILES string of the molecule is COc1cccc(CN2C[C@@H]3CCC[C@@]3(C(=O)O)C2)c1OC(F)F. The number of aliphatic carboxylic acids is 1. The van der Waals surface area contributed by atoms with E-state index in [1.54, 1.807) is 18.2 Å². The van der Waals surface area contributed by atoms with Gasteiger partial charge in [0.25, 0.3) is 0 Å². The average molecular weight is 341 g/mol. The molecule has 2 aliphatic rings. The lowest BCUT2D eigenvalue weighted by atomic mass is 9.81. The molecule has 1 aliphatic heterocycles. The maximum Gasteiger partial charge on any atom is 0.387 e. The Hall–Kier alpha value is -1.89. The molecule has 2 atom stereocenters. The van der Waals surface area contributed by atoms with Crippen LogP contribution in [0.5, 0.6) is 11.5 Å². The van der Waals surface area contributed by atoms with E-state index in [2.05, 4.69) is 4.74 Å². The number of alkyl halides is 2. The number of carboxylic acids is 1. The van der Waals surface area contributed by atoms with E-state index in [9.17, 15) is 18.7 Å². The largest absolute Gasteiger partial charge is 0.493 e. The summed E-state index contributed by atoms with van der Waals surface area (Å²) in [6.07, 6.45) is 2.52. The summed E-state index contributed by atoms with van der Waals surface area (Å²) < 4.78 is 35.2. The lowest BCUT2D eigenvalue weighted by Crippen LogP contribution is -2.35. The van der Waals surface area contributed by atoms with Crippen molar-refractivity contribution in [3.8, 4) is 11.5 Å². The number of nitrogens with zero attached hydrogens (tertiary/aromatic N) is 1. The minimum Gasteiger partial charge on any atom is -0.493 e. The van der Waals surface area contributed by atoms with Crippen molar-refractivity contribution >= 4 is 5.97 Å². The molecule has 2 fully saturated rings. The highest BCUT2D eigenvalue weighted by atomic mass is 19.3. The van der Waals surface area contributed by atoms with Crippen LogP contribution in [0.3, 0.4) is 0 Å². The molecule has 0 aromatic heterocycles. The molecule has 0 radical (unpaired) electrons. The van der Waals surface area contributed by atoms with Crippen LogP contribution in [0.2, 0.25) is 0 Å². The highest BCUT2D eigenvalue weighted by molar-refractivity contribution is 5.76. The summed E-state index contributed by atoms with van der Waals surface area (Å²) in [6.45, 7) is -1.47. The van der Waals surface area contributed by atoms with E-state index in [0.717, 1.165) is 12.8 Å². The molecule has 0 amide bonds. The lowest BCUT2D eigenvalue weighted by molar-refractivity contribution is -0.149. The molecule has 0 unspecified atom stereocenters. The zero-order valence-corrected chi connectivity index (χ0v) is 13.5. The molecule has 132 valence electrons. The number of methoxy groups -OCH3 is 1. The van der Waals surface area contributed by atoms with Gasteiger partial charge < -0.3 is 14.6 Å². The van der Waals surface area contributed by atoms with Gasteiger partial charge in [-0.3, -0.25) is 9.69 Å². The lowest BCUT2D eigenvalue weighted by Gasteiger charge is -2.24. The first-order valence-electron chi connectivity index (χ1n) is 8.02. The summed E-state index contributed by atoms with van der Waals surface area (Å²) in [5.41, 5.74) is -0.113. The zero-order valence-electron chi connectivity index (χ0n) is 13.5. The molecule has 3 rings (SSSR count). The Balaban J connectivity index is 1.81. The zero-order chi connectivity index (χ0) is 17.3. The second-order valence-electron chi connectivity index (χ2n) is 6.55. The maximum absolute atomic E-state index is 12.7. The van der Waals surface area contributed by atoms with Gasteiger partial charge in [0.05, 0.1) is 12.5 Å². The Kier molecular flexibility index (Phi) is 4.62. The molecule has 1 saturated heterocycles. The molecule has 1 N–H and O–H groups in total. The van der Waals surface area contributed by atoms with Crippen molar-refractivity contribution in [2.45, 2.75) is 32.4 Å². The number of hydrogen-bond donors (Lipinski definition) is 1. The van der Waals surface area contributed by atoms with Gasteiger partial charge in [-0.2, -0.15) is 8.78 Å². The number of halogens is 2. The van der Waals surface area contributed by atoms with Crippen LogP contribution in [-0.2, 0) is 11.3 Å². The second kappa shape index (κ2) is 6.55. The summed E-state index contributed by atoms with van der Waals surface area (Å²) in [7, 11) is 1.40. The highest BCUT2D eigenvalue weighted by Crippen LogP contribution is 2.49. The predicted molar refractivity (Wildman–Crippen MR) is 82.3 cm³/mol. The predicted octanol–water partition coefficient (Wildman–Crippen LogP) is 2.98. The van der Waals surface area contributed by atoms with Gasteiger partial charge in [0.2, 0.25) is 0 Å². The Morgan fingerprint density at radius 2 is 2.29 bits per heavy atom. The minimum atomic E-state index is -2.94. The van der Waals surface area contributed by atoms with E-state index < -0.39 is 18.0 Å². The van der Waals surface area contributed by atoms with Crippen molar-refractivity contribution in [1.29, 1.82) is 0 Å². The molecule has 1 aromatic carbocycles. The standard InChI is InChI=1S/C17H21F2NO4/c1-23-13-6-2-4-11(14(13)24-16(18)19)8-20-9-12-5-3-7-17(12,10-20)15(21)22/h2,4,6,12,16H,3,5,7-10H2,1H3,(H,21,22)/t12-,17+/m0/s1. The molecule has 1 heterocycles. The molecule has 5 nitrogen and oxygen atoms in total. The third-order valence-electron chi connectivity index (χ3n) is 5.25. The van der Waals surface area contributed by atoms with Crippen molar-refractivity contribution in [3.63, 3.8) is 0 Å². The van der Waals surface area contributed by atoms with Gasteiger partial charge in [-0.15, -0.1) is 0 Å². The number of para-hydroxylation sites is 1. The molecule has 1 saturated carbocycles. The van der Waals surface area contributed by atoms with Crippen LogP contribution in [0.25, 0.3) is 0 Å². The van der Waals surface area contributed by atoms with Crippen LogP contribution in [0, 0.1) is 11.3 Å². The van der Waals surface area contributed by atoms with Crippen LogP contribution in [0.1, 0.15) is 24.8 Å². The molecule has 7 heteroatoms. The fourth-order valence-corrected chi connectivity index (χ4v) is 4.17. The van der Waals surface area contributed by atoms with Gasteiger partial charge in [0.15, 0.2) is 11.5 Å². The topological polar surface area (TPSA) is 59.0 Å². The van der Waals surface area contributed by atoms with E-state index in [-0.39, 0.29) is 17.4 Å². The number of hydrogen-bond acceptors (Lipinski definition) is 4. The normalized spacial score (nSPS) is 26.6. The summed E-state index contributed by atoms with van der Waals surface area (Å²) in [5, 5.41) is 9.64. The first-order valence-corrected chi connectivity index (χ1v) is 8.02. The van der Waals surface area contributed by atoms with E-state index >= 15 is 0 Å². The van der Waals surface area contributed by atoms with Gasteiger partial charge in [-0.25, -0.2) is 0 Å². The molecule has 0 spiro atoms. The van der Waals surface area contributed by atoms with E-state index in [1.807, 2.05) is 4.90 Å². The van der Waals surface area contributed by atoms with Gasteiger partial charge in [0.1, 0.15) is 0 Å². The molecule has 1 aromatic rings. The Labute approximate surface area is 139 Å². The number of likely N-dealkylation sites (tertiary alicyclic amines) is 1. The first-order chi connectivity index (χ1) is 11.5. The molecular weight excluding hydrogens is 320 g/mol. The van der Waals surface area contributed by atoms with Crippen LogP contribution in [0.4, 0.5) is 8.78 Å². The molecular formula is C17H21F2NO4. The summed E-state index contributed by atoms with van der Waals surface area (Å²) in [6, 6.07) is 5.00. The average Bonchev–Trinajstić information content (AvgIpc) is 3.06. The number of carbonyl (C=O) groups is 1. The van der Waals surface area contributed by atoms with Crippen molar-refractivity contribution < 1.29 is 28.2 Å². The monoisotopic (exact) mass is 341 g/mol. The number of rotatable bonds is 6. The highest BCUT2D eigenvalue weighted by Gasteiger charge is 2.54. The Morgan fingerprint density at radius 3 is 2.92 bits per heavy atom. The van der Waals surface area contributed by atoms with Crippen LogP contribution < -0.4 is 9.47 Å². The quantitative estimate of drug-likeness (QED) is 0.862. The summed E-state index contributed by atoms with van der Waals surface area (Å²) >= 11 is 0. The van der Waals surface area contributed by atoms with Crippen LogP contribution >= 0.6 is 0 Å². The molecule has 0 bridgehead atoms. The Bertz CT molecular complexity index is 625. The van der Waals surface area contributed by atoms with Crippen molar-refractivity contribution in [1.82, 2.24) is 4.90 Å². The van der Waals surface area contributed by atoms with Crippen molar-refractivity contribution in [3.05, 3.63) is 23.8 Å². The minimum absolute atomic E-state index is 0.0245. The van der Waals surface area contributed by atoms with Gasteiger partial charge in [-0.05, 0) is 24.8 Å². The maximum atomic E-state index is 12.7. The number of ether oxygens (including phenoxy) is 2. The van der Waals surface area contributed by atoms with E-state index in [1.165, 1.54) is 7.11 Å². The third-order valence-corrected chi connectivity index (χ3v) is 5.25. The number of carboxylic acid groups (broad SMARTS) is 1. The fraction of sp³-hybridized carbons (Fsp3) is 0.588. The van der Waals surface area contributed by atoms with E-state index in [0.29, 0.717) is 31.6 Å². The number of benzene rings is 1. The Morgan fingerprint density at radius 1 is 1.50 bits per heavy atom. The molecule has 1 aliphatic carbocycles. The number of fused-ring (bicyclic) bond motifs is 1. The summed E-state index contributed by atoms with van der Waals surface area (Å²) in [5.74, 6) is -0.348. The first kappa shape index (κ1) is 17.0. The van der Waals surface area contributed by atoms with Crippen molar-refractivity contribution in [2.24, 2.45) is 11.3 Å². The van der Waals surface area contributed by atoms with Gasteiger partial charge >= 0.3 is 12.6 Å². The fourth-order valence-electron chi connectivity index (χ4n) is 4.17. The van der Waals surface area contributed by atoms with Crippen molar-refractivity contribution in [2.75, 3.05) is 20.2 Å². The molecule has 24 heavy (non-hydrogen) atoms. The third kappa shape index (κ3) is 2.92. The van der Waals surface area contributed by atoms with Crippen LogP contribution in [0.15, 0.2) is 18.2 Å². The smallest absolute Gasteiger partial charge is 0.387 e.